The molecule has 0 spiro atoms. The molecule has 0 saturated carbocycles. The van der Waals surface area contributed by atoms with Gasteiger partial charge in [-0.25, -0.2) is 0 Å². The van der Waals surface area contributed by atoms with E-state index in [9.17, 15) is 4.79 Å². The van der Waals surface area contributed by atoms with Crippen molar-refractivity contribution >= 4 is 10.8 Å². The molecule has 0 aliphatic heterocycles. The molecule has 3 nitrogen and oxygen atoms in total. The predicted molar refractivity (Wildman–Crippen MR) is 97.5 cm³/mol. The quantitative estimate of drug-likeness (QED) is 0.557. The van der Waals surface area contributed by atoms with Crippen molar-refractivity contribution in [1.29, 1.82) is 0 Å². The number of benzene rings is 1. The first kappa shape index (κ1) is 14.5. The van der Waals surface area contributed by atoms with Gasteiger partial charge in [-0.3, -0.25) is 4.79 Å². The fourth-order valence-electron chi connectivity index (χ4n) is 3.40. The minimum absolute atomic E-state index is 0.127. The van der Waals surface area contributed by atoms with Crippen LogP contribution in [0.15, 0.2) is 71.5 Å². The summed E-state index contributed by atoms with van der Waals surface area (Å²) in [5.41, 5.74) is 4.69. The first-order valence-electron chi connectivity index (χ1n) is 7.89. The molecule has 2 aromatic rings. The van der Waals surface area contributed by atoms with Gasteiger partial charge in [0.2, 0.25) is 0 Å². The van der Waals surface area contributed by atoms with E-state index in [2.05, 4.69) is 6.07 Å². The number of aromatic nitrogens is 1. The van der Waals surface area contributed by atoms with Crippen molar-refractivity contribution < 1.29 is 4.84 Å². The summed E-state index contributed by atoms with van der Waals surface area (Å²) >= 11 is 0. The van der Waals surface area contributed by atoms with Gasteiger partial charge in [0, 0.05) is 5.56 Å². The molecule has 0 saturated heterocycles. The zero-order valence-electron chi connectivity index (χ0n) is 13.6. The van der Waals surface area contributed by atoms with Gasteiger partial charge < -0.3 is 4.84 Å². The molecule has 24 heavy (non-hydrogen) atoms. The van der Waals surface area contributed by atoms with Crippen LogP contribution in [-0.4, -0.2) is 11.8 Å². The maximum Gasteiger partial charge on any atom is 0.292 e. The second-order valence-electron chi connectivity index (χ2n) is 5.83. The molecule has 0 fully saturated rings. The average molecular weight is 315 g/mol. The van der Waals surface area contributed by atoms with Crippen LogP contribution in [0.1, 0.15) is 5.56 Å². The van der Waals surface area contributed by atoms with Crippen LogP contribution in [0.25, 0.3) is 33.2 Å². The summed E-state index contributed by atoms with van der Waals surface area (Å²) in [6.07, 6.45) is 0. The number of aryl methyl sites for hydroxylation is 1. The smallest absolute Gasteiger partial charge is 0.292 e. The van der Waals surface area contributed by atoms with Crippen LogP contribution in [0, 0.1) is 6.92 Å². The number of nitrogens with zero attached hydrogens (tertiary/aromatic N) is 1. The number of fused-ring (bicyclic) bond motifs is 3. The second kappa shape index (κ2) is 5.53. The molecule has 1 aromatic heterocycles. The molecule has 0 unspecified atom stereocenters. The Morgan fingerprint density at radius 3 is 2.17 bits per heavy atom. The normalized spacial score (nSPS) is 11.1. The van der Waals surface area contributed by atoms with Gasteiger partial charge >= 0.3 is 0 Å². The lowest BCUT2D eigenvalue weighted by molar-refractivity contribution is 0.162. The van der Waals surface area contributed by atoms with Crippen LogP contribution in [0.2, 0.25) is 0 Å². The Bertz CT molecular complexity index is 1060. The van der Waals surface area contributed by atoms with Gasteiger partial charge in [0.25, 0.3) is 5.56 Å². The Hall–Kier alpha value is -3.07. The molecule has 3 heteroatoms. The highest BCUT2D eigenvalue weighted by Crippen LogP contribution is 2.36. The second-order valence-corrected chi connectivity index (χ2v) is 5.83. The van der Waals surface area contributed by atoms with E-state index in [-0.39, 0.29) is 5.56 Å². The van der Waals surface area contributed by atoms with Gasteiger partial charge in [-0.2, -0.15) is 0 Å². The van der Waals surface area contributed by atoms with E-state index in [1.54, 1.807) is 0 Å². The third-order valence-electron chi connectivity index (χ3n) is 4.50. The minimum Gasteiger partial charge on any atom is -0.413 e. The summed E-state index contributed by atoms with van der Waals surface area (Å²) in [6.45, 7) is 2.04. The molecule has 2 aliphatic rings. The van der Waals surface area contributed by atoms with Crippen LogP contribution in [0.3, 0.4) is 0 Å². The topological polar surface area (TPSA) is 31.2 Å². The number of hydrogen-bond acceptors (Lipinski definition) is 2. The first-order valence-corrected chi connectivity index (χ1v) is 7.89. The number of rotatable bonds is 2. The van der Waals surface area contributed by atoms with Gasteiger partial charge in [0.15, 0.2) is 0 Å². The maximum atomic E-state index is 13.1. The molecule has 1 aromatic carbocycles. The number of hydrogen-bond donors (Lipinski definition) is 0. The lowest BCUT2D eigenvalue weighted by Crippen LogP contribution is -2.27. The number of pyridine rings is 1. The van der Waals surface area contributed by atoms with E-state index in [0.717, 1.165) is 33.3 Å². The van der Waals surface area contributed by atoms with Crippen molar-refractivity contribution in [2.24, 2.45) is 0 Å². The van der Waals surface area contributed by atoms with Gasteiger partial charge in [-0.1, -0.05) is 60.7 Å². The van der Waals surface area contributed by atoms with Crippen LogP contribution in [-0.2, 0) is 0 Å². The van der Waals surface area contributed by atoms with E-state index in [4.69, 9.17) is 4.84 Å². The average Bonchev–Trinajstić information content (AvgIpc) is 2.82. The lowest BCUT2D eigenvalue weighted by Gasteiger charge is -2.15. The van der Waals surface area contributed by atoms with Crippen molar-refractivity contribution in [3.05, 3.63) is 82.6 Å². The van der Waals surface area contributed by atoms with Crippen molar-refractivity contribution in [2.45, 2.75) is 6.92 Å². The highest BCUT2D eigenvalue weighted by Gasteiger charge is 2.21. The zero-order valence-corrected chi connectivity index (χ0v) is 13.6. The van der Waals surface area contributed by atoms with E-state index in [1.807, 2.05) is 67.6 Å². The molecule has 4 rings (SSSR count). The van der Waals surface area contributed by atoms with Crippen LogP contribution in [0.4, 0.5) is 0 Å². The monoisotopic (exact) mass is 315 g/mol. The molecule has 0 amide bonds. The Morgan fingerprint density at radius 2 is 1.50 bits per heavy atom. The third-order valence-corrected chi connectivity index (χ3v) is 4.50. The van der Waals surface area contributed by atoms with E-state index < -0.39 is 0 Å². The molecule has 0 N–H and O–H groups in total. The molecule has 118 valence electrons. The molecular weight excluding hydrogens is 298 g/mol. The van der Waals surface area contributed by atoms with Crippen molar-refractivity contribution in [1.82, 2.24) is 4.73 Å². The Labute approximate surface area is 140 Å². The van der Waals surface area contributed by atoms with Crippen LogP contribution >= 0.6 is 0 Å². The molecule has 2 aliphatic carbocycles. The Kier molecular flexibility index (Phi) is 3.35. The van der Waals surface area contributed by atoms with Crippen LogP contribution < -0.4 is 10.4 Å². The van der Waals surface area contributed by atoms with Gasteiger partial charge in [-0.15, -0.1) is 4.73 Å². The lowest BCUT2D eigenvalue weighted by atomic mass is 10.0. The zero-order chi connectivity index (χ0) is 16.7. The third kappa shape index (κ3) is 2.02. The molecule has 1 heterocycles. The van der Waals surface area contributed by atoms with Crippen molar-refractivity contribution in [2.75, 3.05) is 7.11 Å². The molecular formula is C21H17NO2. The van der Waals surface area contributed by atoms with Gasteiger partial charge in [-0.05, 0) is 35.1 Å². The van der Waals surface area contributed by atoms with Gasteiger partial charge in [0.05, 0.1) is 11.1 Å². The van der Waals surface area contributed by atoms with E-state index in [1.165, 1.54) is 11.8 Å². The first-order chi connectivity index (χ1) is 11.7. The summed E-state index contributed by atoms with van der Waals surface area (Å²) in [6, 6.07) is 21.9. The highest BCUT2D eigenvalue weighted by molar-refractivity contribution is 6.04. The van der Waals surface area contributed by atoms with Crippen molar-refractivity contribution in [3.8, 4) is 22.4 Å². The van der Waals surface area contributed by atoms with E-state index in [0.29, 0.717) is 5.39 Å². The standard InChI is InChI=1S/C21H17NO2/c1-14-18-13-16-11-7-4-8-12-17(16)19(18)21(23)22(24-2)20(14)15-9-5-3-6-10-15/h3-13H,1-2H3. The van der Waals surface area contributed by atoms with Crippen molar-refractivity contribution in [3.63, 3.8) is 0 Å². The summed E-state index contributed by atoms with van der Waals surface area (Å²) < 4.78 is 1.40. The summed E-state index contributed by atoms with van der Waals surface area (Å²) in [5, 5.41) is 1.69. The fourth-order valence-corrected chi connectivity index (χ4v) is 3.40. The van der Waals surface area contributed by atoms with Crippen LogP contribution in [0.5, 0.6) is 0 Å². The summed E-state index contributed by atoms with van der Waals surface area (Å²) in [4.78, 5) is 18.6. The largest absolute Gasteiger partial charge is 0.413 e. The fraction of sp³-hybridized carbons (Fsp3) is 0.0952. The maximum absolute atomic E-state index is 13.1. The molecule has 0 radical (unpaired) electrons. The predicted octanol–water partition coefficient (Wildman–Crippen LogP) is 4.14. The molecule has 0 atom stereocenters. The van der Waals surface area contributed by atoms with Gasteiger partial charge in [0.1, 0.15) is 7.11 Å². The van der Waals surface area contributed by atoms with E-state index >= 15 is 0 Å². The highest BCUT2D eigenvalue weighted by atomic mass is 16.6. The minimum atomic E-state index is -0.127. The summed E-state index contributed by atoms with van der Waals surface area (Å²) in [7, 11) is 1.53. The SMILES string of the molecule is COn1c(-c2ccccc2)c(C)c2cc3cccccc-3c2c1=O. The Balaban J connectivity index is 2.20. The molecule has 0 bridgehead atoms. The Morgan fingerprint density at radius 1 is 0.875 bits per heavy atom. The summed E-state index contributed by atoms with van der Waals surface area (Å²) in [5.74, 6) is 0.